The van der Waals surface area contributed by atoms with Crippen LogP contribution in [-0.2, 0) is 0 Å². The minimum atomic E-state index is -0.109. The Morgan fingerprint density at radius 2 is 1.67 bits per heavy atom. The molecule has 1 fully saturated rings. The van der Waals surface area contributed by atoms with Gasteiger partial charge in [0, 0.05) is 18.7 Å². The van der Waals surface area contributed by atoms with Crippen LogP contribution in [0.1, 0.15) is 37.3 Å². The molecule has 170 valence electrons. The van der Waals surface area contributed by atoms with Crippen molar-refractivity contribution in [3.8, 4) is 22.9 Å². The number of para-hydroxylation sites is 2. The van der Waals surface area contributed by atoms with Gasteiger partial charge in [-0.15, -0.1) is 20.4 Å². The van der Waals surface area contributed by atoms with Gasteiger partial charge in [-0.3, -0.25) is 4.57 Å². The number of hydrogen-bond acceptors (Lipinski definition) is 8. The number of methoxy groups -OCH3 is 1. The van der Waals surface area contributed by atoms with E-state index in [9.17, 15) is 0 Å². The van der Waals surface area contributed by atoms with Crippen LogP contribution in [0.25, 0.3) is 17.1 Å². The molecule has 1 unspecified atom stereocenters. The van der Waals surface area contributed by atoms with Crippen molar-refractivity contribution >= 4 is 17.7 Å². The number of ether oxygens (including phenoxy) is 1. The summed E-state index contributed by atoms with van der Waals surface area (Å²) in [4.78, 5) is 2.30. The summed E-state index contributed by atoms with van der Waals surface area (Å²) in [6.45, 7) is 3.98. The fourth-order valence-electron chi connectivity index (χ4n) is 3.97. The molecule has 2 aromatic heterocycles. The van der Waals surface area contributed by atoms with Crippen LogP contribution >= 0.6 is 11.8 Å². The van der Waals surface area contributed by atoms with Crippen molar-refractivity contribution in [1.29, 1.82) is 0 Å². The molecular weight excluding hydrogens is 436 g/mol. The zero-order valence-corrected chi connectivity index (χ0v) is 19.5. The predicted molar refractivity (Wildman–Crippen MR) is 128 cm³/mol. The van der Waals surface area contributed by atoms with Crippen molar-refractivity contribution < 1.29 is 9.15 Å². The molecule has 0 saturated carbocycles. The fourth-order valence-corrected chi connectivity index (χ4v) is 4.85. The zero-order chi connectivity index (χ0) is 22.6. The van der Waals surface area contributed by atoms with E-state index in [2.05, 4.69) is 29.9 Å². The minimum Gasteiger partial charge on any atom is -0.495 e. The third kappa shape index (κ3) is 4.45. The summed E-state index contributed by atoms with van der Waals surface area (Å²) in [5, 5.41) is 18.3. The first-order chi connectivity index (χ1) is 16.2. The third-order valence-corrected chi connectivity index (χ3v) is 6.70. The molecular formula is C24H26N6O2S. The molecule has 0 amide bonds. The van der Waals surface area contributed by atoms with Gasteiger partial charge in [-0.25, -0.2) is 0 Å². The van der Waals surface area contributed by atoms with Gasteiger partial charge in [0.2, 0.25) is 17.7 Å². The topological polar surface area (TPSA) is 82.1 Å². The van der Waals surface area contributed by atoms with Gasteiger partial charge in [-0.1, -0.05) is 42.1 Å². The summed E-state index contributed by atoms with van der Waals surface area (Å²) < 4.78 is 13.7. The van der Waals surface area contributed by atoms with Crippen LogP contribution < -0.4 is 9.64 Å². The number of thioether (sulfide) groups is 1. The Labute approximate surface area is 197 Å². The monoisotopic (exact) mass is 462 g/mol. The number of piperidine rings is 1. The van der Waals surface area contributed by atoms with Gasteiger partial charge >= 0.3 is 0 Å². The van der Waals surface area contributed by atoms with Crippen molar-refractivity contribution in [2.75, 3.05) is 25.1 Å². The second kappa shape index (κ2) is 9.66. The van der Waals surface area contributed by atoms with Crippen LogP contribution in [0.3, 0.4) is 0 Å². The zero-order valence-electron chi connectivity index (χ0n) is 18.7. The highest BCUT2D eigenvalue weighted by molar-refractivity contribution is 7.99. The normalized spacial score (nSPS) is 14.9. The van der Waals surface area contributed by atoms with E-state index in [1.165, 1.54) is 6.42 Å². The average Bonchev–Trinajstić information content (AvgIpc) is 3.53. The van der Waals surface area contributed by atoms with Crippen LogP contribution in [-0.4, -0.2) is 45.2 Å². The number of anilines is 1. The maximum absolute atomic E-state index is 5.98. The van der Waals surface area contributed by atoms with Crippen molar-refractivity contribution in [2.24, 2.45) is 0 Å². The first kappa shape index (κ1) is 21.5. The number of hydrogen-bond donors (Lipinski definition) is 0. The Kier molecular flexibility index (Phi) is 6.30. The molecule has 2 aromatic carbocycles. The first-order valence-electron chi connectivity index (χ1n) is 11.1. The summed E-state index contributed by atoms with van der Waals surface area (Å²) >= 11 is 1.54. The summed E-state index contributed by atoms with van der Waals surface area (Å²) in [5.41, 5.74) is 1.81. The van der Waals surface area contributed by atoms with E-state index < -0.39 is 0 Å². The molecule has 0 bridgehead atoms. The average molecular weight is 463 g/mol. The predicted octanol–water partition coefficient (Wildman–Crippen LogP) is 5.17. The Bertz CT molecular complexity index is 1200. The van der Waals surface area contributed by atoms with Gasteiger partial charge in [-0.05, 0) is 50.5 Å². The van der Waals surface area contributed by atoms with Gasteiger partial charge in [-0.2, -0.15) is 0 Å². The van der Waals surface area contributed by atoms with Crippen molar-refractivity contribution in [2.45, 2.75) is 36.6 Å². The molecule has 5 rings (SSSR count). The van der Waals surface area contributed by atoms with Gasteiger partial charge in [0.15, 0.2) is 5.16 Å². The first-order valence-corrected chi connectivity index (χ1v) is 12.0. The highest BCUT2D eigenvalue weighted by Crippen LogP contribution is 2.39. The molecule has 1 aliphatic rings. The maximum Gasteiger partial charge on any atom is 0.247 e. The lowest BCUT2D eigenvalue weighted by Gasteiger charge is -2.28. The number of nitrogens with zero attached hydrogens (tertiary/aromatic N) is 6. The Balaban J connectivity index is 1.48. The van der Waals surface area contributed by atoms with Gasteiger partial charge in [0.05, 0.1) is 18.0 Å². The van der Waals surface area contributed by atoms with Crippen molar-refractivity contribution in [1.82, 2.24) is 25.0 Å². The largest absolute Gasteiger partial charge is 0.495 e. The standard InChI is InChI=1S/C24H26N6O2S/c1-17(21-25-26-22(32-21)18-11-5-3-6-12-18)33-24-28-27-23(29-15-9-4-10-16-29)30(24)19-13-7-8-14-20(19)31-2/h3,5-8,11-14,17H,4,9-10,15-16H2,1-2H3. The third-order valence-electron chi connectivity index (χ3n) is 5.67. The van der Waals surface area contributed by atoms with E-state index in [0.717, 1.165) is 54.0 Å². The SMILES string of the molecule is COc1ccccc1-n1c(SC(C)c2nnc(-c3ccccc3)o2)nnc1N1CCCCC1. The van der Waals surface area contributed by atoms with Crippen LogP contribution in [0.2, 0.25) is 0 Å². The number of benzene rings is 2. The lowest BCUT2D eigenvalue weighted by molar-refractivity contribution is 0.412. The summed E-state index contributed by atoms with van der Waals surface area (Å²) in [6.07, 6.45) is 3.56. The molecule has 1 saturated heterocycles. The quantitative estimate of drug-likeness (QED) is 0.348. The molecule has 0 N–H and O–H groups in total. The highest BCUT2D eigenvalue weighted by atomic mass is 32.2. The minimum absolute atomic E-state index is 0.109. The van der Waals surface area contributed by atoms with Crippen LogP contribution in [0.5, 0.6) is 5.75 Å². The summed E-state index contributed by atoms with van der Waals surface area (Å²) in [5.74, 6) is 2.67. The molecule has 0 spiro atoms. The van der Waals surface area contributed by atoms with Crippen LogP contribution in [0.15, 0.2) is 64.2 Å². The van der Waals surface area contributed by atoms with Gasteiger partial charge in [0.25, 0.3) is 0 Å². The van der Waals surface area contributed by atoms with E-state index in [1.807, 2.05) is 61.5 Å². The Hall–Kier alpha value is -3.33. The lowest BCUT2D eigenvalue weighted by atomic mass is 10.1. The summed E-state index contributed by atoms with van der Waals surface area (Å²) in [7, 11) is 1.68. The highest BCUT2D eigenvalue weighted by Gasteiger charge is 2.26. The number of aromatic nitrogens is 5. The van der Waals surface area contributed by atoms with Crippen LogP contribution in [0.4, 0.5) is 5.95 Å². The van der Waals surface area contributed by atoms with Crippen molar-refractivity contribution in [3.05, 3.63) is 60.5 Å². The van der Waals surface area contributed by atoms with E-state index >= 15 is 0 Å². The fraction of sp³-hybridized carbons (Fsp3) is 0.333. The van der Waals surface area contributed by atoms with Gasteiger partial charge < -0.3 is 14.1 Å². The molecule has 9 heteroatoms. The molecule has 4 aromatic rings. The second-order valence-electron chi connectivity index (χ2n) is 7.91. The van der Waals surface area contributed by atoms with E-state index in [0.29, 0.717) is 11.8 Å². The Morgan fingerprint density at radius 3 is 2.45 bits per heavy atom. The van der Waals surface area contributed by atoms with E-state index in [1.54, 1.807) is 18.9 Å². The summed E-state index contributed by atoms with van der Waals surface area (Å²) in [6, 6.07) is 17.7. The maximum atomic E-state index is 5.98. The molecule has 0 radical (unpaired) electrons. The molecule has 8 nitrogen and oxygen atoms in total. The van der Waals surface area contributed by atoms with E-state index in [4.69, 9.17) is 9.15 Å². The Morgan fingerprint density at radius 1 is 0.909 bits per heavy atom. The molecule has 1 atom stereocenters. The lowest BCUT2D eigenvalue weighted by Crippen LogP contribution is -2.31. The number of rotatable bonds is 7. The van der Waals surface area contributed by atoms with Gasteiger partial charge in [0.1, 0.15) is 5.75 Å². The second-order valence-corrected chi connectivity index (χ2v) is 9.22. The van der Waals surface area contributed by atoms with Crippen LogP contribution in [0, 0.1) is 0 Å². The molecule has 0 aliphatic carbocycles. The van der Waals surface area contributed by atoms with E-state index in [-0.39, 0.29) is 5.25 Å². The van der Waals surface area contributed by atoms with Crippen molar-refractivity contribution in [3.63, 3.8) is 0 Å². The molecule has 1 aliphatic heterocycles. The molecule has 3 heterocycles. The smallest absolute Gasteiger partial charge is 0.247 e. The molecule has 33 heavy (non-hydrogen) atoms.